The van der Waals surface area contributed by atoms with Crippen LogP contribution in [0.25, 0.3) is 0 Å². The topological polar surface area (TPSA) is 105 Å². The molecular formula is C21H27N3O6. The van der Waals surface area contributed by atoms with Gasteiger partial charge in [-0.1, -0.05) is 0 Å². The average molecular weight is 417 g/mol. The lowest BCUT2D eigenvalue weighted by Crippen LogP contribution is -2.65. The van der Waals surface area contributed by atoms with Crippen LogP contribution in [0.5, 0.6) is 5.75 Å². The standard InChI is InChI=1S/C21H27N3O6/c1-13(25)29-15-9-7-14(8-10-15)24-18(26)12-17-16(6-5-11-23(17)20(24)28)22-19(27)30-21(2,3)4/h7-10,16-17H,5-6,11-12H2,1-4H3,(H,22,27). The predicted octanol–water partition coefficient (Wildman–Crippen LogP) is 2.83. The number of fused-ring (bicyclic) bond motifs is 1. The molecule has 30 heavy (non-hydrogen) atoms. The molecule has 0 spiro atoms. The average Bonchev–Trinajstić information content (AvgIpc) is 2.62. The molecule has 2 aliphatic heterocycles. The Hall–Kier alpha value is -3.10. The number of piperidine rings is 1. The Morgan fingerprint density at radius 1 is 1.13 bits per heavy atom. The second-order valence-corrected chi connectivity index (χ2v) is 8.46. The van der Waals surface area contributed by atoms with Gasteiger partial charge < -0.3 is 19.7 Å². The number of amides is 4. The monoisotopic (exact) mass is 417 g/mol. The van der Waals surface area contributed by atoms with Crippen LogP contribution < -0.4 is 15.0 Å². The smallest absolute Gasteiger partial charge is 0.407 e. The van der Waals surface area contributed by atoms with E-state index in [2.05, 4.69) is 5.32 Å². The number of carbonyl (C=O) groups is 4. The number of ether oxygens (including phenoxy) is 2. The summed E-state index contributed by atoms with van der Waals surface area (Å²) in [5.74, 6) is -0.465. The Bertz CT molecular complexity index is 845. The van der Waals surface area contributed by atoms with E-state index in [4.69, 9.17) is 9.47 Å². The number of benzene rings is 1. The number of hydrogen-bond donors (Lipinski definition) is 1. The van der Waals surface area contributed by atoms with Crippen molar-refractivity contribution in [3.63, 3.8) is 0 Å². The minimum absolute atomic E-state index is 0.0951. The van der Waals surface area contributed by atoms with E-state index in [-0.39, 0.29) is 18.4 Å². The van der Waals surface area contributed by atoms with E-state index in [1.54, 1.807) is 37.8 Å². The molecular weight excluding hydrogens is 390 g/mol. The van der Waals surface area contributed by atoms with Crippen LogP contribution in [0.1, 0.15) is 47.0 Å². The number of carbonyl (C=O) groups excluding carboxylic acids is 4. The zero-order valence-corrected chi connectivity index (χ0v) is 17.6. The van der Waals surface area contributed by atoms with Crippen LogP contribution in [-0.4, -0.2) is 53.1 Å². The van der Waals surface area contributed by atoms with E-state index in [0.717, 1.165) is 4.90 Å². The lowest BCUT2D eigenvalue weighted by atomic mass is 9.91. The summed E-state index contributed by atoms with van der Waals surface area (Å²) in [5, 5.41) is 2.82. The molecule has 1 aromatic rings. The highest BCUT2D eigenvalue weighted by Gasteiger charge is 2.45. The van der Waals surface area contributed by atoms with Crippen molar-refractivity contribution in [3.05, 3.63) is 24.3 Å². The third-order valence-corrected chi connectivity index (χ3v) is 4.91. The molecule has 9 heteroatoms. The summed E-state index contributed by atoms with van der Waals surface area (Å²) < 4.78 is 10.3. The van der Waals surface area contributed by atoms with E-state index in [9.17, 15) is 19.2 Å². The molecule has 2 heterocycles. The summed E-state index contributed by atoms with van der Waals surface area (Å²) in [5.41, 5.74) is -0.229. The van der Waals surface area contributed by atoms with Crippen LogP contribution in [0.3, 0.4) is 0 Å². The van der Waals surface area contributed by atoms with Gasteiger partial charge in [-0.05, 0) is 57.9 Å². The molecule has 0 aliphatic carbocycles. The van der Waals surface area contributed by atoms with Gasteiger partial charge >= 0.3 is 18.1 Å². The quantitative estimate of drug-likeness (QED) is 0.599. The van der Waals surface area contributed by atoms with Gasteiger partial charge in [0, 0.05) is 13.5 Å². The molecule has 2 atom stereocenters. The minimum Gasteiger partial charge on any atom is -0.444 e. The van der Waals surface area contributed by atoms with Crippen LogP contribution in [0.4, 0.5) is 15.3 Å². The molecule has 2 fully saturated rings. The van der Waals surface area contributed by atoms with Crippen molar-refractivity contribution in [1.29, 1.82) is 0 Å². The van der Waals surface area contributed by atoms with Crippen molar-refractivity contribution >= 4 is 29.7 Å². The fraction of sp³-hybridized carbons (Fsp3) is 0.524. The lowest BCUT2D eigenvalue weighted by Gasteiger charge is -2.46. The van der Waals surface area contributed by atoms with Crippen LogP contribution in [0.15, 0.2) is 24.3 Å². The lowest BCUT2D eigenvalue weighted by molar-refractivity contribution is -0.132. The number of rotatable bonds is 3. The van der Waals surface area contributed by atoms with Crippen LogP contribution in [-0.2, 0) is 14.3 Å². The number of nitrogens with one attached hydrogen (secondary N) is 1. The molecule has 0 radical (unpaired) electrons. The Kier molecular flexibility index (Phi) is 6.00. The largest absolute Gasteiger partial charge is 0.444 e. The molecule has 2 aliphatic rings. The van der Waals surface area contributed by atoms with Gasteiger partial charge in [0.15, 0.2) is 0 Å². The predicted molar refractivity (Wildman–Crippen MR) is 108 cm³/mol. The van der Waals surface area contributed by atoms with Crippen LogP contribution in [0, 0.1) is 0 Å². The summed E-state index contributed by atoms with van der Waals surface area (Å²) in [4.78, 5) is 51.9. The Morgan fingerprint density at radius 2 is 1.80 bits per heavy atom. The van der Waals surface area contributed by atoms with Crippen molar-refractivity contribution in [2.24, 2.45) is 0 Å². The zero-order valence-electron chi connectivity index (χ0n) is 17.6. The highest BCUT2D eigenvalue weighted by molar-refractivity contribution is 6.16. The highest BCUT2D eigenvalue weighted by Crippen LogP contribution is 2.31. The first-order valence-corrected chi connectivity index (χ1v) is 9.97. The summed E-state index contributed by atoms with van der Waals surface area (Å²) >= 11 is 0. The van der Waals surface area contributed by atoms with E-state index < -0.39 is 29.7 Å². The Morgan fingerprint density at radius 3 is 2.40 bits per heavy atom. The molecule has 2 saturated heterocycles. The highest BCUT2D eigenvalue weighted by atomic mass is 16.6. The van der Waals surface area contributed by atoms with E-state index in [1.165, 1.54) is 19.1 Å². The van der Waals surface area contributed by atoms with Crippen molar-refractivity contribution in [3.8, 4) is 5.75 Å². The number of esters is 1. The second-order valence-electron chi connectivity index (χ2n) is 8.46. The molecule has 1 N–H and O–H groups in total. The van der Waals surface area contributed by atoms with Gasteiger partial charge in [0.05, 0.1) is 24.2 Å². The van der Waals surface area contributed by atoms with Gasteiger partial charge in [0.1, 0.15) is 11.4 Å². The molecule has 4 amide bonds. The first-order valence-electron chi connectivity index (χ1n) is 9.97. The van der Waals surface area contributed by atoms with Crippen molar-refractivity contribution < 1.29 is 28.7 Å². The van der Waals surface area contributed by atoms with Crippen LogP contribution >= 0.6 is 0 Å². The maximum Gasteiger partial charge on any atom is 0.407 e. The van der Waals surface area contributed by atoms with E-state index in [1.807, 2.05) is 0 Å². The fourth-order valence-corrected chi connectivity index (χ4v) is 3.76. The van der Waals surface area contributed by atoms with E-state index in [0.29, 0.717) is 30.8 Å². The number of imide groups is 1. The Balaban J connectivity index is 1.74. The SMILES string of the molecule is CC(=O)Oc1ccc(N2C(=O)CC3C(NC(=O)OC(C)(C)C)CCCN3C2=O)cc1. The summed E-state index contributed by atoms with van der Waals surface area (Å²) in [6.07, 6.45) is 0.907. The third kappa shape index (κ3) is 4.90. The fourth-order valence-electron chi connectivity index (χ4n) is 3.76. The number of hydrogen-bond acceptors (Lipinski definition) is 6. The molecule has 2 unspecified atom stereocenters. The maximum atomic E-state index is 13.1. The molecule has 0 saturated carbocycles. The molecule has 1 aromatic carbocycles. The van der Waals surface area contributed by atoms with Gasteiger partial charge in [-0.3, -0.25) is 9.59 Å². The van der Waals surface area contributed by atoms with Crippen LogP contribution in [0.2, 0.25) is 0 Å². The second kappa shape index (κ2) is 8.33. The van der Waals surface area contributed by atoms with Crippen molar-refractivity contribution in [1.82, 2.24) is 10.2 Å². The number of urea groups is 1. The van der Waals surface area contributed by atoms with E-state index >= 15 is 0 Å². The minimum atomic E-state index is -0.633. The normalized spacial score (nSPS) is 21.7. The van der Waals surface area contributed by atoms with Crippen molar-refractivity contribution in [2.75, 3.05) is 11.4 Å². The zero-order chi connectivity index (χ0) is 22.1. The van der Waals surface area contributed by atoms with Gasteiger partial charge in [-0.2, -0.15) is 0 Å². The summed E-state index contributed by atoms with van der Waals surface area (Å²) in [6, 6.07) is 5.01. The number of nitrogens with zero attached hydrogens (tertiary/aromatic N) is 2. The summed E-state index contributed by atoms with van der Waals surface area (Å²) in [6.45, 7) is 7.13. The molecule has 0 aromatic heterocycles. The van der Waals surface area contributed by atoms with Gasteiger partial charge in [-0.15, -0.1) is 0 Å². The summed E-state index contributed by atoms with van der Waals surface area (Å²) in [7, 11) is 0. The van der Waals surface area contributed by atoms with Gasteiger partial charge in [0.25, 0.3) is 0 Å². The first-order chi connectivity index (χ1) is 14.0. The molecule has 162 valence electrons. The molecule has 0 bridgehead atoms. The molecule has 3 rings (SSSR count). The first kappa shape index (κ1) is 21.6. The van der Waals surface area contributed by atoms with Gasteiger partial charge in [-0.25, -0.2) is 14.5 Å². The maximum absolute atomic E-state index is 13.1. The number of anilines is 1. The van der Waals surface area contributed by atoms with Crippen molar-refractivity contribution in [2.45, 2.75) is 64.6 Å². The third-order valence-electron chi connectivity index (χ3n) is 4.91. The van der Waals surface area contributed by atoms with Gasteiger partial charge in [0.2, 0.25) is 5.91 Å². The Labute approximate surface area is 175 Å². The number of alkyl carbamates (subject to hydrolysis) is 1. The molecule has 9 nitrogen and oxygen atoms in total.